The standard InChI is InChI=1S/C5H9O6P/c6-1-3-5-4(2-9-3)10-12(7,8)11-5/h3-6H,1-2H2,(H,7,8)/t3-,4-,5?/m1/s1. The van der Waals surface area contributed by atoms with Crippen LogP contribution in [0.2, 0.25) is 0 Å². The van der Waals surface area contributed by atoms with Crippen molar-refractivity contribution in [2.75, 3.05) is 13.2 Å². The topological polar surface area (TPSA) is 85.2 Å². The van der Waals surface area contributed by atoms with Crippen molar-refractivity contribution >= 4 is 7.82 Å². The number of hydrogen-bond donors (Lipinski definition) is 2. The van der Waals surface area contributed by atoms with Crippen LogP contribution in [0.4, 0.5) is 0 Å². The second-order valence-electron chi connectivity index (χ2n) is 2.74. The van der Waals surface area contributed by atoms with Crippen molar-refractivity contribution in [2.24, 2.45) is 0 Å². The summed E-state index contributed by atoms with van der Waals surface area (Å²) in [5, 5.41) is 8.75. The minimum Gasteiger partial charge on any atom is -0.394 e. The third-order valence-electron chi connectivity index (χ3n) is 1.91. The Labute approximate surface area is 68.7 Å². The van der Waals surface area contributed by atoms with E-state index in [4.69, 9.17) is 14.7 Å². The predicted molar refractivity (Wildman–Crippen MR) is 36.4 cm³/mol. The second-order valence-corrected chi connectivity index (χ2v) is 4.10. The lowest BCUT2D eigenvalue weighted by Crippen LogP contribution is -2.29. The molecule has 0 aromatic heterocycles. The molecule has 0 aromatic carbocycles. The highest BCUT2D eigenvalue weighted by atomic mass is 31.2. The molecule has 2 saturated heterocycles. The van der Waals surface area contributed by atoms with Gasteiger partial charge in [-0.3, -0.25) is 9.05 Å². The summed E-state index contributed by atoms with van der Waals surface area (Å²) in [7, 11) is -3.86. The molecular weight excluding hydrogens is 187 g/mol. The van der Waals surface area contributed by atoms with E-state index in [9.17, 15) is 4.57 Å². The minimum absolute atomic E-state index is 0.195. The molecule has 0 aliphatic carbocycles. The Hall–Kier alpha value is 0.0300. The van der Waals surface area contributed by atoms with E-state index in [2.05, 4.69) is 9.05 Å². The van der Waals surface area contributed by atoms with Crippen molar-refractivity contribution < 1.29 is 28.3 Å². The Bertz CT molecular complexity index is 230. The molecule has 2 unspecified atom stereocenters. The van der Waals surface area contributed by atoms with Gasteiger partial charge in [0.15, 0.2) is 0 Å². The van der Waals surface area contributed by atoms with E-state index in [0.29, 0.717) is 0 Å². The molecule has 0 radical (unpaired) electrons. The number of rotatable bonds is 1. The van der Waals surface area contributed by atoms with Gasteiger partial charge in [0.05, 0.1) is 13.2 Å². The minimum atomic E-state index is -3.86. The van der Waals surface area contributed by atoms with Crippen LogP contribution in [0.5, 0.6) is 0 Å². The van der Waals surface area contributed by atoms with Gasteiger partial charge in [-0.1, -0.05) is 0 Å². The van der Waals surface area contributed by atoms with Crippen molar-refractivity contribution in [2.45, 2.75) is 18.3 Å². The van der Waals surface area contributed by atoms with E-state index >= 15 is 0 Å². The molecule has 0 bridgehead atoms. The molecule has 0 spiro atoms. The summed E-state index contributed by atoms with van der Waals surface area (Å²) in [6.45, 7) is -0.0367. The van der Waals surface area contributed by atoms with Gasteiger partial charge in [-0.05, 0) is 0 Å². The summed E-state index contributed by atoms with van der Waals surface area (Å²) in [6, 6.07) is 0. The van der Waals surface area contributed by atoms with E-state index < -0.39 is 26.1 Å². The number of phosphoric ester groups is 1. The fourth-order valence-electron chi connectivity index (χ4n) is 1.38. The zero-order chi connectivity index (χ0) is 8.77. The van der Waals surface area contributed by atoms with Crippen molar-refractivity contribution in [3.63, 3.8) is 0 Å². The SMILES string of the molecule is O=P1(O)OC2[C@@H](CO)OC[C@H]2O1. The van der Waals surface area contributed by atoms with Crippen LogP contribution in [0, 0.1) is 0 Å². The van der Waals surface area contributed by atoms with Crippen LogP contribution in [-0.4, -0.2) is 41.5 Å². The summed E-state index contributed by atoms with van der Waals surface area (Å²) in [4.78, 5) is 8.89. The lowest BCUT2D eigenvalue weighted by Gasteiger charge is -2.11. The van der Waals surface area contributed by atoms with Crippen LogP contribution in [0.3, 0.4) is 0 Å². The molecule has 0 amide bonds. The zero-order valence-electron chi connectivity index (χ0n) is 6.12. The van der Waals surface area contributed by atoms with Gasteiger partial charge in [-0.25, -0.2) is 4.57 Å². The van der Waals surface area contributed by atoms with Crippen LogP contribution in [-0.2, 0) is 18.3 Å². The van der Waals surface area contributed by atoms with E-state index in [1.165, 1.54) is 0 Å². The van der Waals surface area contributed by atoms with Gasteiger partial charge in [-0.15, -0.1) is 0 Å². The van der Waals surface area contributed by atoms with Crippen LogP contribution in [0.1, 0.15) is 0 Å². The summed E-state index contributed by atoms with van der Waals surface area (Å²) < 4.78 is 25.2. The molecule has 2 aliphatic rings. The number of fused-ring (bicyclic) bond motifs is 1. The summed E-state index contributed by atoms with van der Waals surface area (Å²) in [5.41, 5.74) is 0. The maximum absolute atomic E-state index is 10.9. The maximum Gasteiger partial charge on any atom is 0.473 e. The van der Waals surface area contributed by atoms with Crippen molar-refractivity contribution in [1.29, 1.82) is 0 Å². The highest BCUT2D eigenvalue weighted by Crippen LogP contribution is 2.55. The molecular formula is C5H9O6P. The largest absolute Gasteiger partial charge is 0.473 e. The lowest BCUT2D eigenvalue weighted by atomic mass is 10.2. The average molecular weight is 196 g/mol. The molecule has 7 heteroatoms. The lowest BCUT2D eigenvalue weighted by molar-refractivity contribution is 0.00882. The Morgan fingerprint density at radius 2 is 2.25 bits per heavy atom. The number of hydrogen-bond acceptors (Lipinski definition) is 5. The smallest absolute Gasteiger partial charge is 0.394 e. The first-order valence-corrected chi connectivity index (χ1v) is 5.04. The summed E-state index contributed by atoms with van der Waals surface area (Å²) >= 11 is 0. The van der Waals surface area contributed by atoms with Gasteiger partial charge in [0.1, 0.15) is 18.3 Å². The van der Waals surface area contributed by atoms with Crippen LogP contribution in [0.15, 0.2) is 0 Å². The second kappa shape index (κ2) is 2.77. The molecule has 2 fully saturated rings. The monoisotopic (exact) mass is 196 g/mol. The molecule has 2 aliphatic heterocycles. The normalized spacial score (nSPS) is 52.7. The van der Waals surface area contributed by atoms with Gasteiger partial charge >= 0.3 is 7.82 Å². The van der Waals surface area contributed by atoms with Gasteiger partial charge in [0, 0.05) is 0 Å². The van der Waals surface area contributed by atoms with E-state index in [1.807, 2.05) is 0 Å². The average Bonchev–Trinajstić information content (AvgIpc) is 2.42. The van der Waals surface area contributed by atoms with Crippen molar-refractivity contribution in [3.05, 3.63) is 0 Å². The molecule has 2 N–H and O–H groups in total. The Morgan fingerprint density at radius 1 is 1.50 bits per heavy atom. The first-order chi connectivity index (χ1) is 5.62. The highest BCUT2D eigenvalue weighted by Gasteiger charge is 2.51. The van der Waals surface area contributed by atoms with Crippen LogP contribution >= 0.6 is 7.82 Å². The number of aliphatic hydroxyl groups excluding tert-OH is 1. The Kier molecular flexibility index (Phi) is 1.99. The van der Waals surface area contributed by atoms with E-state index in [-0.39, 0.29) is 13.2 Å². The fraction of sp³-hybridized carbons (Fsp3) is 1.00. The van der Waals surface area contributed by atoms with Gasteiger partial charge in [0.2, 0.25) is 0 Å². The quantitative estimate of drug-likeness (QED) is 0.537. The number of phosphoric acid groups is 1. The zero-order valence-corrected chi connectivity index (χ0v) is 7.02. The molecule has 2 heterocycles. The third-order valence-corrected chi connectivity index (χ3v) is 2.96. The predicted octanol–water partition coefficient (Wildman–Crippen LogP) is -0.738. The Balaban J connectivity index is 2.11. The van der Waals surface area contributed by atoms with E-state index in [1.54, 1.807) is 0 Å². The fourth-order valence-corrected chi connectivity index (χ4v) is 2.53. The molecule has 70 valence electrons. The molecule has 12 heavy (non-hydrogen) atoms. The molecule has 0 aromatic rings. The highest BCUT2D eigenvalue weighted by molar-refractivity contribution is 7.47. The summed E-state index contributed by atoms with van der Waals surface area (Å²) in [5.74, 6) is 0. The maximum atomic E-state index is 10.9. The van der Waals surface area contributed by atoms with Crippen LogP contribution < -0.4 is 0 Å². The molecule has 6 nitrogen and oxygen atoms in total. The van der Waals surface area contributed by atoms with Crippen molar-refractivity contribution in [3.8, 4) is 0 Å². The number of aliphatic hydroxyl groups is 1. The summed E-state index contributed by atoms with van der Waals surface area (Å²) in [6.07, 6.45) is -1.67. The van der Waals surface area contributed by atoms with Crippen molar-refractivity contribution in [1.82, 2.24) is 0 Å². The number of ether oxygens (including phenoxy) is 1. The van der Waals surface area contributed by atoms with Gasteiger partial charge in [0.25, 0.3) is 0 Å². The first-order valence-electron chi connectivity index (χ1n) is 3.54. The molecule has 0 saturated carbocycles. The first kappa shape index (κ1) is 8.62. The van der Waals surface area contributed by atoms with Crippen LogP contribution in [0.25, 0.3) is 0 Å². The Morgan fingerprint density at radius 3 is 2.92 bits per heavy atom. The molecule has 4 atom stereocenters. The molecule has 2 rings (SSSR count). The van der Waals surface area contributed by atoms with E-state index in [0.717, 1.165) is 0 Å². The third kappa shape index (κ3) is 1.31. The van der Waals surface area contributed by atoms with Gasteiger partial charge < -0.3 is 14.7 Å². The van der Waals surface area contributed by atoms with Gasteiger partial charge in [-0.2, -0.15) is 0 Å².